The highest BCUT2D eigenvalue weighted by atomic mass is 32.2. The zero-order valence-electron chi connectivity index (χ0n) is 10.7. The van der Waals surface area contributed by atoms with Crippen LogP contribution in [0.1, 0.15) is 20.8 Å². The summed E-state index contributed by atoms with van der Waals surface area (Å²) in [6, 6.07) is 5.61. The summed E-state index contributed by atoms with van der Waals surface area (Å²) < 4.78 is 36.7. The van der Waals surface area contributed by atoms with Crippen molar-refractivity contribution < 1.29 is 17.9 Å². The predicted molar refractivity (Wildman–Crippen MR) is 67.0 cm³/mol. The normalized spacial score (nSPS) is 24.4. The van der Waals surface area contributed by atoms with E-state index in [9.17, 15) is 8.42 Å². The van der Waals surface area contributed by atoms with Crippen LogP contribution < -0.4 is 4.74 Å². The second kappa shape index (κ2) is 4.12. The van der Waals surface area contributed by atoms with E-state index in [1.165, 1.54) is 24.3 Å². The van der Waals surface area contributed by atoms with E-state index in [4.69, 9.17) is 15.0 Å². The van der Waals surface area contributed by atoms with Crippen molar-refractivity contribution in [3.05, 3.63) is 34.7 Å². The Bertz CT molecular complexity index is 647. The number of rotatable bonds is 4. The predicted octanol–water partition coefficient (Wildman–Crippen LogP) is 2.59. The molecular weight excluding hydrogens is 270 g/mol. The van der Waals surface area contributed by atoms with Gasteiger partial charge in [-0.2, -0.15) is 0 Å². The van der Waals surface area contributed by atoms with E-state index < -0.39 is 15.8 Å². The topological polar surface area (TPSA) is 105 Å². The van der Waals surface area contributed by atoms with Crippen LogP contribution in [-0.4, -0.2) is 19.8 Å². The van der Waals surface area contributed by atoms with Gasteiger partial charge in [0.25, 0.3) is 10.0 Å². The number of hydrogen-bond donors (Lipinski definition) is 0. The van der Waals surface area contributed by atoms with Crippen molar-refractivity contribution in [3.63, 3.8) is 0 Å². The molecule has 0 saturated carbocycles. The summed E-state index contributed by atoms with van der Waals surface area (Å²) in [5, 5.41) is 0. The van der Waals surface area contributed by atoms with Crippen molar-refractivity contribution in [3.8, 4) is 5.75 Å². The second-order valence-corrected chi connectivity index (χ2v) is 6.36. The lowest BCUT2D eigenvalue weighted by Crippen LogP contribution is -2.23. The lowest BCUT2D eigenvalue weighted by atomic mass is 10.1. The van der Waals surface area contributed by atoms with Crippen LogP contribution in [0.5, 0.6) is 5.75 Å². The second-order valence-electron chi connectivity index (χ2n) is 4.78. The van der Waals surface area contributed by atoms with Crippen LogP contribution in [0, 0.1) is 0 Å². The molecule has 1 aliphatic heterocycles. The van der Waals surface area contributed by atoms with Gasteiger partial charge in [-0.15, -0.1) is 0 Å². The molecule has 1 aromatic rings. The zero-order chi connectivity index (χ0) is 14.3. The fraction of sp³-hybridized carbons (Fsp3) is 0.455. The molecule has 0 radical (unpaired) electrons. The average Bonchev–Trinajstić information content (AvgIpc) is 2.77. The summed E-state index contributed by atoms with van der Waals surface area (Å²) >= 11 is 0. The Morgan fingerprint density at radius 1 is 1.26 bits per heavy atom. The van der Waals surface area contributed by atoms with Crippen LogP contribution in [-0.2, 0) is 14.8 Å². The highest BCUT2D eigenvalue weighted by molar-refractivity contribution is 7.90. The number of benzene rings is 1. The Kier molecular flexibility index (Phi) is 2.97. The van der Waals surface area contributed by atoms with E-state index in [0.717, 1.165) is 0 Å². The van der Waals surface area contributed by atoms with Gasteiger partial charge in [0.2, 0.25) is 5.79 Å². The molecule has 1 aromatic carbocycles. The SMILES string of the molecule is CC1(C)OC1(C)Oc1ccc(S(=O)(=O)N=[N+]=[N-])cc1. The molecule has 0 aromatic heterocycles. The number of ether oxygens (including phenoxy) is 2. The van der Waals surface area contributed by atoms with Crippen LogP contribution >= 0.6 is 0 Å². The van der Waals surface area contributed by atoms with Crippen LogP contribution in [0.3, 0.4) is 0 Å². The molecule has 1 atom stereocenters. The quantitative estimate of drug-likeness (QED) is 0.366. The average molecular weight is 283 g/mol. The Hall–Kier alpha value is -1.76. The van der Waals surface area contributed by atoms with Crippen molar-refractivity contribution in [2.45, 2.75) is 37.1 Å². The molecule has 0 bridgehead atoms. The molecule has 1 saturated heterocycles. The number of sulfonamides is 1. The monoisotopic (exact) mass is 283 g/mol. The minimum absolute atomic E-state index is 0.0845. The largest absolute Gasteiger partial charge is 0.459 e. The molecule has 2 rings (SSSR count). The lowest BCUT2D eigenvalue weighted by molar-refractivity contribution is 0.0802. The fourth-order valence-corrected chi connectivity index (χ4v) is 2.28. The highest BCUT2D eigenvalue weighted by Crippen LogP contribution is 2.48. The van der Waals surface area contributed by atoms with E-state index in [1.54, 1.807) is 6.92 Å². The first-order chi connectivity index (χ1) is 8.70. The highest BCUT2D eigenvalue weighted by Gasteiger charge is 2.63. The van der Waals surface area contributed by atoms with E-state index >= 15 is 0 Å². The smallest absolute Gasteiger partial charge is 0.264 e. The third-order valence-electron chi connectivity index (χ3n) is 3.08. The summed E-state index contributed by atoms with van der Waals surface area (Å²) in [7, 11) is -3.96. The first-order valence-corrected chi connectivity index (χ1v) is 6.95. The maximum atomic E-state index is 11.5. The van der Waals surface area contributed by atoms with Crippen LogP contribution in [0.15, 0.2) is 33.7 Å². The zero-order valence-corrected chi connectivity index (χ0v) is 11.5. The molecule has 1 fully saturated rings. The molecule has 19 heavy (non-hydrogen) atoms. The van der Waals surface area contributed by atoms with Crippen LogP contribution in [0.2, 0.25) is 0 Å². The van der Waals surface area contributed by atoms with E-state index in [2.05, 4.69) is 9.43 Å². The number of nitrogens with zero attached hydrogens (tertiary/aromatic N) is 3. The minimum atomic E-state index is -3.96. The Labute approximate surface area is 110 Å². The lowest BCUT2D eigenvalue weighted by Gasteiger charge is -2.12. The molecule has 1 unspecified atom stereocenters. The first-order valence-electron chi connectivity index (χ1n) is 5.51. The molecule has 8 heteroatoms. The Morgan fingerprint density at radius 3 is 2.21 bits per heavy atom. The maximum Gasteiger partial charge on any atom is 0.264 e. The van der Waals surface area contributed by atoms with Gasteiger partial charge in [0.15, 0.2) is 0 Å². The number of azide groups is 1. The maximum absolute atomic E-state index is 11.5. The van der Waals surface area contributed by atoms with Gasteiger partial charge in [-0.3, -0.25) is 0 Å². The van der Waals surface area contributed by atoms with E-state index in [1.807, 2.05) is 13.8 Å². The van der Waals surface area contributed by atoms with Gasteiger partial charge in [0, 0.05) is 16.4 Å². The van der Waals surface area contributed by atoms with Crippen molar-refractivity contribution in [2.75, 3.05) is 0 Å². The molecule has 0 aliphatic carbocycles. The van der Waals surface area contributed by atoms with Gasteiger partial charge < -0.3 is 9.47 Å². The van der Waals surface area contributed by atoms with Crippen LogP contribution in [0.4, 0.5) is 0 Å². The van der Waals surface area contributed by atoms with Gasteiger partial charge in [0.1, 0.15) is 11.4 Å². The van der Waals surface area contributed by atoms with Gasteiger partial charge >= 0.3 is 0 Å². The molecular formula is C11H13N3O4S. The van der Waals surface area contributed by atoms with E-state index in [0.29, 0.717) is 5.75 Å². The standard InChI is InChI=1S/C11H13N3O4S/c1-10(2)11(3,18-10)17-8-4-6-9(7-5-8)19(15,16)14-13-12/h4-7H,1-3H3. The number of hydrogen-bond acceptors (Lipinski definition) is 4. The summed E-state index contributed by atoms with van der Waals surface area (Å²) in [5.41, 5.74) is 7.80. The minimum Gasteiger partial charge on any atom is -0.459 e. The van der Waals surface area contributed by atoms with Gasteiger partial charge in [0.05, 0.1) is 4.90 Å². The molecule has 0 spiro atoms. The summed E-state index contributed by atoms with van der Waals surface area (Å²) in [4.78, 5) is 2.20. The molecule has 1 aliphatic rings. The Balaban J connectivity index is 2.19. The third-order valence-corrected chi connectivity index (χ3v) is 4.24. The van der Waals surface area contributed by atoms with Crippen molar-refractivity contribution >= 4 is 10.0 Å². The van der Waals surface area contributed by atoms with Crippen LogP contribution in [0.25, 0.3) is 10.4 Å². The van der Waals surface area contributed by atoms with E-state index in [-0.39, 0.29) is 10.5 Å². The summed E-state index contributed by atoms with van der Waals surface area (Å²) in [5.74, 6) is -0.231. The first kappa shape index (κ1) is 13.7. The summed E-state index contributed by atoms with van der Waals surface area (Å²) in [6.07, 6.45) is 0. The van der Waals surface area contributed by atoms with Gasteiger partial charge in [-0.1, -0.05) is 0 Å². The molecule has 102 valence electrons. The van der Waals surface area contributed by atoms with Gasteiger partial charge in [-0.25, -0.2) is 8.42 Å². The molecule has 0 amide bonds. The summed E-state index contributed by atoms with van der Waals surface area (Å²) in [6.45, 7) is 5.60. The van der Waals surface area contributed by atoms with Crippen molar-refractivity contribution in [1.82, 2.24) is 0 Å². The molecule has 7 nitrogen and oxygen atoms in total. The van der Waals surface area contributed by atoms with Gasteiger partial charge in [-0.05, 0) is 43.6 Å². The molecule has 0 N–H and O–H groups in total. The molecule has 1 heterocycles. The van der Waals surface area contributed by atoms with Crippen molar-refractivity contribution in [2.24, 2.45) is 4.52 Å². The Morgan fingerprint density at radius 2 is 1.79 bits per heavy atom. The number of epoxide rings is 1. The fourth-order valence-electron chi connectivity index (χ4n) is 1.60. The van der Waals surface area contributed by atoms with Crippen molar-refractivity contribution in [1.29, 1.82) is 0 Å². The third kappa shape index (κ3) is 2.51.